The van der Waals surface area contributed by atoms with E-state index in [0.717, 1.165) is 28.0 Å². The van der Waals surface area contributed by atoms with Gasteiger partial charge in [0.15, 0.2) is 0 Å². The molecule has 32 heavy (non-hydrogen) atoms. The van der Waals surface area contributed by atoms with Crippen LogP contribution in [0.4, 0.5) is 0 Å². The Morgan fingerprint density at radius 2 is 1.84 bits per heavy atom. The third-order valence-electron chi connectivity index (χ3n) is 5.95. The zero-order valence-electron chi connectivity index (χ0n) is 19.2. The lowest BCUT2D eigenvalue weighted by Crippen LogP contribution is -2.56. The van der Waals surface area contributed by atoms with Crippen molar-refractivity contribution in [2.45, 2.75) is 45.9 Å². The van der Waals surface area contributed by atoms with Gasteiger partial charge in [0.2, 0.25) is 0 Å². The van der Waals surface area contributed by atoms with Gasteiger partial charge in [-0.25, -0.2) is 0 Å². The number of pyridine rings is 1. The van der Waals surface area contributed by atoms with Gasteiger partial charge in [0, 0.05) is 23.5 Å². The molecule has 0 aliphatic carbocycles. The molecule has 0 radical (unpaired) electrons. The molecule has 2 aromatic carbocycles. The summed E-state index contributed by atoms with van der Waals surface area (Å²) in [4.78, 5) is 19.7. The van der Waals surface area contributed by atoms with Crippen LogP contribution in [0.25, 0.3) is 0 Å². The Hall–Kier alpha value is -3.18. The van der Waals surface area contributed by atoms with Crippen molar-refractivity contribution in [3.63, 3.8) is 0 Å². The number of aromatic nitrogens is 1. The molecule has 5 heteroatoms. The van der Waals surface area contributed by atoms with Gasteiger partial charge in [-0.15, -0.1) is 0 Å². The number of hydrogen-bond acceptors (Lipinski definition) is 4. The lowest BCUT2D eigenvalue weighted by Gasteiger charge is -2.45. The minimum absolute atomic E-state index is 0.0178. The van der Waals surface area contributed by atoms with Crippen LogP contribution in [-0.4, -0.2) is 34.5 Å². The first-order chi connectivity index (χ1) is 15.3. The number of ether oxygens (including phenoxy) is 2. The number of aryl methyl sites for hydroxylation is 2. The van der Waals surface area contributed by atoms with Crippen molar-refractivity contribution in [3.8, 4) is 5.75 Å². The van der Waals surface area contributed by atoms with Crippen molar-refractivity contribution >= 4 is 5.91 Å². The second-order valence-corrected chi connectivity index (χ2v) is 9.03. The Morgan fingerprint density at radius 1 is 1.12 bits per heavy atom. The zero-order chi connectivity index (χ0) is 22.7. The van der Waals surface area contributed by atoms with Gasteiger partial charge >= 0.3 is 0 Å². The van der Waals surface area contributed by atoms with Crippen molar-refractivity contribution in [1.82, 2.24) is 9.88 Å². The van der Waals surface area contributed by atoms with E-state index in [0.29, 0.717) is 25.3 Å². The van der Waals surface area contributed by atoms with E-state index < -0.39 is 0 Å². The van der Waals surface area contributed by atoms with Crippen LogP contribution in [0.2, 0.25) is 0 Å². The topological polar surface area (TPSA) is 51.7 Å². The Morgan fingerprint density at radius 3 is 2.50 bits per heavy atom. The molecule has 0 spiro atoms. The van der Waals surface area contributed by atoms with Crippen molar-refractivity contribution in [1.29, 1.82) is 0 Å². The molecule has 5 nitrogen and oxygen atoms in total. The summed E-state index contributed by atoms with van der Waals surface area (Å²) in [5, 5.41) is 0. The van der Waals surface area contributed by atoms with Crippen molar-refractivity contribution in [3.05, 3.63) is 94.8 Å². The molecule has 0 N–H and O–H groups in total. The second-order valence-electron chi connectivity index (χ2n) is 9.03. The molecule has 1 atom stereocenters. The molecule has 1 aliphatic heterocycles. The molecule has 1 saturated heterocycles. The number of amides is 1. The zero-order valence-corrected chi connectivity index (χ0v) is 19.2. The van der Waals surface area contributed by atoms with E-state index in [9.17, 15) is 4.79 Å². The number of nitrogens with zero attached hydrogens (tertiary/aromatic N) is 2. The van der Waals surface area contributed by atoms with Gasteiger partial charge in [-0.3, -0.25) is 9.78 Å². The SMILES string of the molecule is Cc1cc(C(=O)N2CC(c3ccccc3)OCC2(C)C)cc(C)c1OCc1cccnc1. The lowest BCUT2D eigenvalue weighted by atomic mass is 9.96. The molecule has 1 amide bonds. The molecule has 1 aromatic heterocycles. The highest BCUT2D eigenvalue weighted by Gasteiger charge is 2.39. The summed E-state index contributed by atoms with van der Waals surface area (Å²) < 4.78 is 12.2. The summed E-state index contributed by atoms with van der Waals surface area (Å²) in [5.41, 5.74) is 4.28. The van der Waals surface area contributed by atoms with Crippen molar-refractivity contribution < 1.29 is 14.3 Å². The molecule has 4 rings (SSSR count). The number of carbonyl (C=O) groups excluding carboxylic acids is 1. The summed E-state index contributed by atoms with van der Waals surface area (Å²) in [5.74, 6) is 0.832. The monoisotopic (exact) mass is 430 g/mol. The summed E-state index contributed by atoms with van der Waals surface area (Å²) in [7, 11) is 0. The van der Waals surface area contributed by atoms with Crippen molar-refractivity contribution in [2.75, 3.05) is 13.2 Å². The van der Waals surface area contributed by atoms with Crippen LogP contribution in [0.5, 0.6) is 5.75 Å². The molecular weight excluding hydrogens is 400 g/mol. The van der Waals surface area contributed by atoms with Crippen LogP contribution in [0.3, 0.4) is 0 Å². The number of benzene rings is 2. The molecule has 0 bridgehead atoms. The highest BCUT2D eigenvalue weighted by atomic mass is 16.5. The van der Waals surface area contributed by atoms with E-state index in [1.165, 1.54) is 0 Å². The van der Waals surface area contributed by atoms with E-state index in [-0.39, 0.29) is 17.6 Å². The van der Waals surface area contributed by atoms with Gasteiger partial charge in [0.05, 0.1) is 18.7 Å². The summed E-state index contributed by atoms with van der Waals surface area (Å²) in [6, 6.07) is 17.8. The third-order valence-corrected chi connectivity index (χ3v) is 5.95. The highest BCUT2D eigenvalue weighted by Crippen LogP contribution is 2.33. The van der Waals surface area contributed by atoms with Crippen molar-refractivity contribution in [2.24, 2.45) is 0 Å². The van der Waals surface area contributed by atoms with Crippen LogP contribution >= 0.6 is 0 Å². The molecular formula is C27H30N2O3. The van der Waals surface area contributed by atoms with Gasteiger partial charge in [0.1, 0.15) is 18.5 Å². The Bertz CT molecular complexity index is 1060. The van der Waals surface area contributed by atoms with Gasteiger partial charge in [-0.05, 0) is 62.6 Å². The first kappa shape index (κ1) is 22.0. The first-order valence-electron chi connectivity index (χ1n) is 11.0. The fraction of sp³-hybridized carbons (Fsp3) is 0.333. The predicted molar refractivity (Wildman–Crippen MR) is 125 cm³/mol. The quantitative estimate of drug-likeness (QED) is 0.553. The van der Waals surface area contributed by atoms with Crippen LogP contribution in [-0.2, 0) is 11.3 Å². The van der Waals surface area contributed by atoms with Crippen LogP contribution < -0.4 is 4.74 Å². The van der Waals surface area contributed by atoms with E-state index in [4.69, 9.17) is 9.47 Å². The number of carbonyl (C=O) groups is 1. The Balaban J connectivity index is 1.54. The smallest absolute Gasteiger partial charge is 0.254 e. The fourth-order valence-corrected chi connectivity index (χ4v) is 4.17. The highest BCUT2D eigenvalue weighted by molar-refractivity contribution is 5.95. The largest absolute Gasteiger partial charge is 0.488 e. The summed E-state index contributed by atoms with van der Waals surface area (Å²) in [6.45, 7) is 9.53. The average Bonchev–Trinajstić information content (AvgIpc) is 2.79. The molecule has 1 aliphatic rings. The molecule has 1 unspecified atom stereocenters. The van der Waals surface area contributed by atoms with Gasteiger partial charge < -0.3 is 14.4 Å². The third kappa shape index (κ3) is 4.68. The van der Waals surface area contributed by atoms with Gasteiger partial charge in [0.25, 0.3) is 5.91 Å². The molecule has 3 aromatic rings. The molecule has 1 fully saturated rings. The minimum Gasteiger partial charge on any atom is -0.488 e. The maximum atomic E-state index is 13.6. The Kier molecular flexibility index (Phi) is 6.28. The minimum atomic E-state index is -0.389. The predicted octanol–water partition coefficient (Wildman–Crippen LogP) is 5.27. The summed E-state index contributed by atoms with van der Waals surface area (Å²) >= 11 is 0. The standard InChI is InChI=1S/C27H30N2O3/c1-19-13-23(14-20(2)25(19)31-17-21-9-8-12-28-15-21)26(30)29-16-24(32-18-27(29,3)4)22-10-6-5-7-11-22/h5-15,24H,16-18H2,1-4H3. The van der Waals surface area contributed by atoms with Gasteiger partial charge in [-0.2, -0.15) is 0 Å². The van der Waals surface area contributed by atoms with Crippen LogP contribution in [0, 0.1) is 13.8 Å². The number of hydrogen-bond donors (Lipinski definition) is 0. The summed E-state index contributed by atoms with van der Waals surface area (Å²) in [6.07, 6.45) is 3.42. The number of morpholine rings is 1. The first-order valence-corrected chi connectivity index (χ1v) is 11.0. The normalized spacial score (nSPS) is 17.8. The van der Waals surface area contributed by atoms with E-state index in [1.54, 1.807) is 12.4 Å². The van der Waals surface area contributed by atoms with E-state index >= 15 is 0 Å². The van der Waals surface area contributed by atoms with E-state index in [1.807, 2.05) is 73.3 Å². The van der Waals surface area contributed by atoms with E-state index in [2.05, 4.69) is 18.8 Å². The second kappa shape index (κ2) is 9.13. The lowest BCUT2D eigenvalue weighted by molar-refractivity contribution is -0.0846. The maximum absolute atomic E-state index is 13.6. The Labute approximate surface area is 190 Å². The fourth-order valence-electron chi connectivity index (χ4n) is 4.17. The van der Waals surface area contributed by atoms with Gasteiger partial charge in [-0.1, -0.05) is 36.4 Å². The number of rotatable bonds is 5. The van der Waals surface area contributed by atoms with Crippen LogP contribution in [0.15, 0.2) is 67.0 Å². The maximum Gasteiger partial charge on any atom is 0.254 e. The molecule has 2 heterocycles. The van der Waals surface area contributed by atoms with Crippen LogP contribution in [0.1, 0.15) is 52.6 Å². The molecule has 0 saturated carbocycles. The average molecular weight is 431 g/mol. The molecule has 166 valence electrons.